The van der Waals surface area contributed by atoms with Crippen molar-refractivity contribution in [2.45, 2.75) is 52.5 Å². The Labute approximate surface area is 143 Å². The van der Waals surface area contributed by atoms with E-state index in [2.05, 4.69) is 60.2 Å². The van der Waals surface area contributed by atoms with E-state index < -0.39 is 0 Å². The Hall–Kier alpha value is -1.06. The molecule has 0 amide bonds. The van der Waals surface area contributed by atoms with E-state index in [1.54, 1.807) is 0 Å². The lowest BCUT2D eigenvalue weighted by Crippen LogP contribution is -2.45. The summed E-state index contributed by atoms with van der Waals surface area (Å²) in [6.45, 7) is 13.5. The van der Waals surface area contributed by atoms with Crippen molar-refractivity contribution in [3.05, 3.63) is 29.8 Å². The fraction of sp³-hybridized carbons (Fsp3) is 0.700. The maximum Gasteiger partial charge on any atom is 0.0366 e. The topological polar surface area (TPSA) is 18.5 Å². The van der Waals surface area contributed by atoms with Crippen molar-refractivity contribution in [1.82, 2.24) is 10.2 Å². The van der Waals surface area contributed by atoms with Gasteiger partial charge in [0.15, 0.2) is 0 Å². The van der Waals surface area contributed by atoms with E-state index in [1.807, 2.05) is 0 Å². The van der Waals surface area contributed by atoms with Crippen LogP contribution >= 0.6 is 0 Å². The van der Waals surface area contributed by atoms with Crippen LogP contribution in [0, 0.1) is 0 Å². The van der Waals surface area contributed by atoms with Crippen molar-refractivity contribution in [2.24, 2.45) is 0 Å². The van der Waals surface area contributed by atoms with Crippen LogP contribution in [0.5, 0.6) is 0 Å². The summed E-state index contributed by atoms with van der Waals surface area (Å²) in [6.07, 6.45) is 5.27. The summed E-state index contributed by atoms with van der Waals surface area (Å²) in [4.78, 5) is 5.10. The third-order valence-electron chi connectivity index (χ3n) is 5.08. The van der Waals surface area contributed by atoms with Gasteiger partial charge in [-0.25, -0.2) is 0 Å². The van der Waals surface area contributed by atoms with Gasteiger partial charge in [-0.15, -0.1) is 0 Å². The van der Waals surface area contributed by atoms with Gasteiger partial charge in [0.05, 0.1) is 0 Å². The summed E-state index contributed by atoms with van der Waals surface area (Å²) in [5, 5.41) is 3.48. The SMILES string of the molecule is CCCCC[C@@H](c1ccc(N(CC)CC)cc1)N1CCNCC1. The highest BCUT2D eigenvalue weighted by Gasteiger charge is 2.21. The van der Waals surface area contributed by atoms with Crippen LogP contribution in [-0.4, -0.2) is 44.2 Å². The number of hydrogen-bond acceptors (Lipinski definition) is 3. The minimum Gasteiger partial charge on any atom is -0.372 e. The Balaban J connectivity index is 2.10. The van der Waals surface area contributed by atoms with Crippen molar-refractivity contribution >= 4 is 5.69 Å². The van der Waals surface area contributed by atoms with E-state index in [-0.39, 0.29) is 0 Å². The molecule has 1 heterocycles. The molecule has 0 unspecified atom stereocenters. The lowest BCUT2D eigenvalue weighted by atomic mass is 9.97. The molecule has 0 radical (unpaired) electrons. The molecular weight excluding hydrogens is 282 g/mol. The zero-order chi connectivity index (χ0) is 16.5. The van der Waals surface area contributed by atoms with E-state index >= 15 is 0 Å². The monoisotopic (exact) mass is 317 g/mol. The van der Waals surface area contributed by atoms with E-state index in [9.17, 15) is 0 Å². The fourth-order valence-electron chi connectivity index (χ4n) is 3.64. The Morgan fingerprint density at radius 2 is 1.65 bits per heavy atom. The lowest BCUT2D eigenvalue weighted by molar-refractivity contribution is 0.163. The van der Waals surface area contributed by atoms with Gasteiger partial charge in [0, 0.05) is 51.0 Å². The molecule has 1 aromatic carbocycles. The predicted octanol–water partition coefficient (Wildman–Crippen LogP) is 4.06. The number of hydrogen-bond donors (Lipinski definition) is 1. The molecule has 1 aromatic rings. The van der Waals surface area contributed by atoms with Crippen molar-refractivity contribution < 1.29 is 0 Å². The highest BCUT2D eigenvalue weighted by Crippen LogP contribution is 2.28. The second-order valence-electron chi connectivity index (χ2n) is 6.56. The highest BCUT2D eigenvalue weighted by molar-refractivity contribution is 5.47. The minimum atomic E-state index is 0.592. The molecule has 0 spiro atoms. The van der Waals surface area contributed by atoms with Crippen LogP contribution in [0.15, 0.2) is 24.3 Å². The zero-order valence-corrected chi connectivity index (χ0v) is 15.4. The van der Waals surface area contributed by atoms with Gasteiger partial charge in [-0.05, 0) is 38.0 Å². The van der Waals surface area contributed by atoms with E-state index in [0.29, 0.717) is 6.04 Å². The van der Waals surface area contributed by atoms with Gasteiger partial charge in [0.1, 0.15) is 0 Å². The van der Waals surface area contributed by atoms with Gasteiger partial charge in [0.2, 0.25) is 0 Å². The average Bonchev–Trinajstić information content (AvgIpc) is 2.61. The van der Waals surface area contributed by atoms with E-state index in [4.69, 9.17) is 0 Å². The number of rotatable bonds is 9. The van der Waals surface area contributed by atoms with Crippen LogP contribution in [0.25, 0.3) is 0 Å². The second-order valence-corrected chi connectivity index (χ2v) is 6.56. The fourth-order valence-corrected chi connectivity index (χ4v) is 3.64. The molecule has 0 bridgehead atoms. The van der Waals surface area contributed by atoms with Gasteiger partial charge in [0.25, 0.3) is 0 Å². The molecule has 3 heteroatoms. The molecule has 1 atom stereocenters. The molecule has 3 nitrogen and oxygen atoms in total. The number of nitrogens with zero attached hydrogens (tertiary/aromatic N) is 2. The third kappa shape index (κ3) is 5.22. The normalized spacial score (nSPS) is 17.2. The number of unbranched alkanes of at least 4 members (excludes halogenated alkanes) is 2. The first-order valence-corrected chi connectivity index (χ1v) is 9.59. The van der Waals surface area contributed by atoms with Crippen LogP contribution in [0.2, 0.25) is 0 Å². The Morgan fingerprint density at radius 3 is 2.22 bits per heavy atom. The van der Waals surface area contributed by atoms with Gasteiger partial charge in [-0.3, -0.25) is 4.90 Å². The largest absolute Gasteiger partial charge is 0.372 e. The summed E-state index contributed by atoms with van der Waals surface area (Å²) >= 11 is 0. The molecule has 1 fully saturated rings. The van der Waals surface area contributed by atoms with Crippen LogP contribution in [0.1, 0.15) is 58.1 Å². The highest BCUT2D eigenvalue weighted by atomic mass is 15.2. The molecule has 1 aliphatic rings. The average molecular weight is 318 g/mol. The zero-order valence-electron chi connectivity index (χ0n) is 15.4. The maximum absolute atomic E-state index is 3.48. The summed E-state index contributed by atoms with van der Waals surface area (Å²) in [6, 6.07) is 9.96. The van der Waals surface area contributed by atoms with E-state index in [1.165, 1.54) is 50.0 Å². The molecule has 1 N–H and O–H groups in total. The quantitative estimate of drug-likeness (QED) is 0.693. The molecule has 130 valence electrons. The number of benzene rings is 1. The van der Waals surface area contributed by atoms with Crippen LogP contribution < -0.4 is 10.2 Å². The van der Waals surface area contributed by atoms with Gasteiger partial charge < -0.3 is 10.2 Å². The van der Waals surface area contributed by atoms with Gasteiger partial charge in [-0.1, -0.05) is 38.3 Å². The van der Waals surface area contributed by atoms with Gasteiger partial charge >= 0.3 is 0 Å². The summed E-state index contributed by atoms with van der Waals surface area (Å²) in [5.41, 5.74) is 2.85. The molecule has 0 aromatic heterocycles. The first-order valence-electron chi connectivity index (χ1n) is 9.59. The van der Waals surface area contributed by atoms with Crippen molar-refractivity contribution in [3.8, 4) is 0 Å². The van der Waals surface area contributed by atoms with Crippen LogP contribution in [0.4, 0.5) is 5.69 Å². The number of anilines is 1. The Bertz CT molecular complexity index is 419. The van der Waals surface area contributed by atoms with Crippen LogP contribution in [0.3, 0.4) is 0 Å². The molecule has 23 heavy (non-hydrogen) atoms. The summed E-state index contributed by atoms with van der Waals surface area (Å²) in [7, 11) is 0. The number of nitrogens with one attached hydrogen (secondary N) is 1. The van der Waals surface area contributed by atoms with Crippen molar-refractivity contribution in [1.29, 1.82) is 0 Å². The summed E-state index contributed by atoms with van der Waals surface area (Å²) < 4.78 is 0. The Kier molecular flexibility index (Phi) is 7.90. The summed E-state index contributed by atoms with van der Waals surface area (Å²) in [5.74, 6) is 0. The second kappa shape index (κ2) is 9.94. The van der Waals surface area contributed by atoms with Crippen LogP contribution in [-0.2, 0) is 0 Å². The van der Waals surface area contributed by atoms with Crippen molar-refractivity contribution in [2.75, 3.05) is 44.2 Å². The predicted molar refractivity (Wildman–Crippen MR) is 101 cm³/mol. The molecule has 1 saturated heterocycles. The lowest BCUT2D eigenvalue weighted by Gasteiger charge is -2.35. The number of piperazine rings is 1. The molecule has 2 rings (SSSR count). The minimum absolute atomic E-state index is 0.592. The molecule has 1 aliphatic heterocycles. The third-order valence-corrected chi connectivity index (χ3v) is 5.08. The van der Waals surface area contributed by atoms with Gasteiger partial charge in [-0.2, -0.15) is 0 Å². The first-order chi connectivity index (χ1) is 11.3. The first kappa shape index (κ1) is 18.3. The standard InChI is InChI=1S/C20H35N3/c1-4-7-8-9-20(23-16-14-21-15-17-23)18-10-12-19(13-11-18)22(5-2)6-3/h10-13,20-21H,4-9,14-17H2,1-3H3/t20-/m0/s1. The molecule has 0 aliphatic carbocycles. The maximum atomic E-state index is 3.48. The smallest absolute Gasteiger partial charge is 0.0366 e. The Morgan fingerprint density at radius 1 is 1.00 bits per heavy atom. The molecular formula is C20H35N3. The molecule has 0 saturated carbocycles. The van der Waals surface area contributed by atoms with Crippen molar-refractivity contribution in [3.63, 3.8) is 0 Å². The van der Waals surface area contributed by atoms with E-state index in [0.717, 1.165) is 26.2 Å².